The number of hydrogen-bond acceptors (Lipinski definition) is 4. The molecule has 0 saturated heterocycles. The number of rotatable bonds is 9. The highest BCUT2D eigenvalue weighted by Crippen LogP contribution is 2.43. The summed E-state index contributed by atoms with van der Waals surface area (Å²) in [5.41, 5.74) is 3.71. The van der Waals surface area contributed by atoms with Crippen molar-refractivity contribution in [3.8, 4) is 5.75 Å². The van der Waals surface area contributed by atoms with E-state index in [1.165, 1.54) is 12.5 Å². The first-order valence-corrected chi connectivity index (χ1v) is 12.1. The average Bonchev–Trinajstić information content (AvgIpc) is 2.76. The highest BCUT2D eigenvalue weighted by atomic mass is 35.5. The van der Waals surface area contributed by atoms with Crippen molar-refractivity contribution in [1.82, 2.24) is 4.90 Å². The molecule has 2 atom stereocenters. The van der Waals surface area contributed by atoms with Gasteiger partial charge in [0.2, 0.25) is 0 Å². The molecule has 3 aromatic carbocycles. The zero-order valence-corrected chi connectivity index (χ0v) is 21.9. The first-order chi connectivity index (χ1) is 16.1. The molecule has 0 aromatic heterocycles. The van der Waals surface area contributed by atoms with Crippen molar-refractivity contribution in [2.75, 3.05) is 26.0 Å². The third-order valence-electron chi connectivity index (χ3n) is 6.10. The number of nitrogens with one attached hydrogen (secondary N) is 1. The SMILES string of the molecule is CC[C@H](c1cccc(OC(C)=O)c1)[C@@](C)(CN(C)C)c1cccc(Nc2c(Cl)cccc2Cl)c1. The summed E-state index contributed by atoms with van der Waals surface area (Å²) >= 11 is 12.8. The number of carbonyl (C=O) groups is 1. The van der Waals surface area contributed by atoms with Crippen molar-refractivity contribution in [3.63, 3.8) is 0 Å². The van der Waals surface area contributed by atoms with Gasteiger partial charge in [-0.3, -0.25) is 4.79 Å². The number of anilines is 2. The third kappa shape index (κ3) is 6.12. The quantitative estimate of drug-likeness (QED) is 0.242. The summed E-state index contributed by atoms with van der Waals surface area (Å²) in [6.45, 7) is 6.74. The maximum atomic E-state index is 11.5. The fourth-order valence-electron chi connectivity index (χ4n) is 4.79. The molecule has 0 spiro atoms. The molecule has 0 aliphatic rings. The Morgan fingerprint density at radius 2 is 1.68 bits per heavy atom. The van der Waals surface area contributed by atoms with Crippen molar-refractivity contribution in [1.29, 1.82) is 0 Å². The van der Waals surface area contributed by atoms with Crippen LogP contribution in [0.4, 0.5) is 11.4 Å². The van der Waals surface area contributed by atoms with Crippen molar-refractivity contribution in [2.24, 2.45) is 0 Å². The van der Waals surface area contributed by atoms with Crippen LogP contribution in [0.5, 0.6) is 5.75 Å². The van der Waals surface area contributed by atoms with Crippen LogP contribution >= 0.6 is 23.2 Å². The van der Waals surface area contributed by atoms with Gasteiger partial charge in [0.25, 0.3) is 0 Å². The first kappa shape index (κ1) is 26.1. The summed E-state index contributed by atoms with van der Waals surface area (Å²) in [4.78, 5) is 13.7. The second-order valence-corrected chi connectivity index (χ2v) is 9.90. The summed E-state index contributed by atoms with van der Waals surface area (Å²) < 4.78 is 5.37. The predicted molar refractivity (Wildman–Crippen MR) is 143 cm³/mol. The average molecular weight is 499 g/mol. The van der Waals surface area contributed by atoms with E-state index in [4.69, 9.17) is 27.9 Å². The van der Waals surface area contributed by atoms with Gasteiger partial charge in [-0.15, -0.1) is 0 Å². The summed E-state index contributed by atoms with van der Waals surface area (Å²) in [5, 5.41) is 4.54. The normalized spacial score (nSPS) is 13.9. The van der Waals surface area contributed by atoms with Gasteiger partial charge in [0.05, 0.1) is 15.7 Å². The van der Waals surface area contributed by atoms with Crippen molar-refractivity contribution in [3.05, 3.63) is 87.9 Å². The molecule has 3 aromatic rings. The van der Waals surface area contributed by atoms with Crippen LogP contribution in [0.1, 0.15) is 44.2 Å². The minimum absolute atomic E-state index is 0.185. The number of halogens is 2. The van der Waals surface area contributed by atoms with E-state index in [0.717, 1.165) is 24.2 Å². The maximum Gasteiger partial charge on any atom is 0.308 e. The Hall–Kier alpha value is -2.53. The Morgan fingerprint density at radius 1 is 1.03 bits per heavy atom. The lowest BCUT2D eigenvalue weighted by Crippen LogP contribution is -2.40. The minimum Gasteiger partial charge on any atom is -0.427 e. The Labute approximate surface area is 212 Å². The van der Waals surface area contributed by atoms with Crippen molar-refractivity contribution >= 4 is 40.5 Å². The molecule has 0 fully saturated rings. The summed E-state index contributed by atoms with van der Waals surface area (Å²) in [5.74, 6) is 0.433. The molecule has 0 aliphatic heterocycles. The predicted octanol–water partition coefficient (Wildman–Crippen LogP) is 7.68. The van der Waals surface area contributed by atoms with E-state index in [1.54, 1.807) is 0 Å². The number of carbonyl (C=O) groups excluding carboxylic acids is 1. The summed E-state index contributed by atoms with van der Waals surface area (Å²) in [6, 6.07) is 21.7. The van der Waals surface area contributed by atoms with Crippen LogP contribution < -0.4 is 10.1 Å². The number of benzene rings is 3. The highest BCUT2D eigenvalue weighted by molar-refractivity contribution is 6.39. The molecule has 0 bridgehead atoms. The van der Waals surface area contributed by atoms with Gasteiger partial charge >= 0.3 is 5.97 Å². The second kappa shape index (κ2) is 11.3. The van der Waals surface area contributed by atoms with Gasteiger partial charge in [0.15, 0.2) is 0 Å². The van der Waals surface area contributed by atoms with Crippen LogP contribution in [0.3, 0.4) is 0 Å². The molecule has 0 radical (unpaired) electrons. The fourth-order valence-corrected chi connectivity index (χ4v) is 5.28. The van der Waals surface area contributed by atoms with Gasteiger partial charge in [-0.2, -0.15) is 0 Å². The van der Waals surface area contributed by atoms with E-state index in [-0.39, 0.29) is 17.3 Å². The number of hydrogen-bond donors (Lipinski definition) is 1. The van der Waals surface area contributed by atoms with Crippen LogP contribution in [0.15, 0.2) is 66.7 Å². The van der Waals surface area contributed by atoms with Crippen molar-refractivity contribution in [2.45, 2.75) is 38.5 Å². The largest absolute Gasteiger partial charge is 0.427 e. The van der Waals surface area contributed by atoms with Crippen LogP contribution in [0, 0.1) is 0 Å². The molecule has 3 rings (SSSR count). The van der Waals surface area contributed by atoms with Crippen LogP contribution in [-0.4, -0.2) is 31.5 Å². The highest BCUT2D eigenvalue weighted by Gasteiger charge is 2.37. The molecule has 1 N–H and O–H groups in total. The maximum absolute atomic E-state index is 11.5. The van der Waals surface area contributed by atoms with E-state index < -0.39 is 0 Å². The van der Waals surface area contributed by atoms with E-state index in [1.807, 2.05) is 42.5 Å². The summed E-state index contributed by atoms with van der Waals surface area (Å²) in [7, 11) is 4.18. The van der Waals surface area contributed by atoms with Gasteiger partial charge in [0, 0.05) is 24.6 Å². The molecule has 0 aliphatic carbocycles. The van der Waals surface area contributed by atoms with Crippen molar-refractivity contribution < 1.29 is 9.53 Å². The second-order valence-electron chi connectivity index (χ2n) is 9.08. The lowest BCUT2D eigenvalue weighted by atomic mass is 9.67. The Bertz CT molecular complexity index is 1130. The van der Waals surface area contributed by atoms with Gasteiger partial charge in [-0.05, 0) is 74.0 Å². The number of nitrogens with zero attached hydrogens (tertiary/aromatic N) is 1. The van der Waals surface area contributed by atoms with E-state index in [0.29, 0.717) is 21.5 Å². The molecule has 0 saturated carbocycles. The van der Waals surface area contributed by atoms with E-state index >= 15 is 0 Å². The monoisotopic (exact) mass is 498 g/mol. The van der Waals surface area contributed by atoms with E-state index in [2.05, 4.69) is 62.4 Å². The molecular weight excluding hydrogens is 467 g/mol. The first-order valence-electron chi connectivity index (χ1n) is 11.4. The third-order valence-corrected chi connectivity index (χ3v) is 6.73. The molecule has 180 valence electrons. The van der Waals surface area contributed by atoms with Crippen LogP contribution in [0.25, 0.3) is 0 Å². The van der Waals surface area contributed by atoms with Crippen LogP contribution in [-0.2, 0) is 10.2 Å². The standard InChI is InChI=1S/C28H32Cl2N2O2/c1-6-24(20-10-7-13-23(16-20)34-19(2)33)28(3,18-32(4)5)21-11-8-12-22(17-21)31-27-25(29)14-9-15-26(27)30/h7-17,24,31H,6,18H2,1-5H3/t24-,28+/m1/s1. The zero-order chi connectivity index (χ0) is 24.9. The fraction of sp³-hybridized carbons (Fsp3) is 0.321. The van der Waals surface area contributed by atoms with Gasteiger partial charge in [0.1, 0.15) is 5.75 Å². The Morgan fingerprint density at radius 3 is 2.29 bits per heavy atom. The molecule has 4 nitrogen and oxygen atoms in total. The number of para-hydroxylation sites is 1. The lowest BCUT2D eigenvalue weighted by Gasteiger charge is -2.41. The van der Waals surface area contributed by atoms with Gasteiger partial charge in [-0.25, -0.2) is 0 Å². The van der Waals surface area contributed by atoms with E-state index in [9.17, 15) is 4.79 Å². The summed E-state index contributed by atoms with van der Waals surface area (Å²) in [6.07, 6.45) is 0.919. The lowest BCUT2D eigenvalue weighted by molar-refractivity contribution is -0.131. The van der Waals surface area contributed by atoms with Gasteiger partial charge < -0.3 is 15.0 Å². The number of likely N-dealkylation sites (N-methyl/N-ethyl adjacent to an activating group) is 1. The molecule has 0 unspecified atom stereocenters. The van der Waals surface area contributed by atoms with Crippen LogP contribution in [0.2, 0.25) is 10.0 Å². The molecular formula is C28H32Cl2N2O2. The Balaban J connectivity index is 2.05. The molecule has 34 heavy (non-hydrogen) atoms. The molecule has 0 amide bonds. The smallest absolute Gasteiger partial charge is 0.308 e. The van der Waals surface area contributed by atoms with Gasteiger partial charge in [-0.1, -0.05) is 67.4 Å². The number of ether oxygens (including phenoxy) is 1. The minimum atomic E-state index is -0.321. The Kier molecular flexibility index (Phi) is 8.64. The topological polar surface area (TPSA) is 41.6 Å². The zero-order valence-electron chi connectivity index (χ0n) is 20.4. The number of esters is 1. The molecule has 0 heterocycles. The molecule has 6 heteroatoms.